The molecule has 20 heavy (non-hydrogen) atoms. The molecule has 1 aromatic carbocycles. The van der Waals surface area contributed by atoms with Crippen molar-refractivity contribution < 1.29 is 4.74 Å². The van der Waals surface area contributed by atoms with E-state index < -0.39 is 0 Å². The van der Waals surface area contributed by atoms with Crippen LogP contribution in [0.2, 0.25) is 0 Å². The molecule has 0 bridgehead atoms. The summed E-state index contributed by atoms with van der Waals surface area (Å²) >= 11 is 1.85. The third kappa shape index (κ3) is 2.81. The molecule has 1 aliphatic rings. The summed E-state index contributed by atoms with van der Waals surface area (Å²) in [6.07, 6.45) is 2.91. The normalized spacial score (nSPS) is 19.2. The molecule has 5 nitrogen and oxygen atoms in total. The van der Waals surface area contributed by atoms with Crippen molar-refractivity contribution in [3.05, 3.63) is 36.2 Å². The second-order valence-electron chi connectivity index (χ2n) is 4.90. The fourth-order valence-electron chi connectivity index (χ4n) is 2.37. The van der Waals surface area contributed by atoms with Gasteiger partial charge in [-0.2, -0.15) is 0 Å². The van der Waals surface area contributed by atoms with E-state index in [-0.39, 0.29) is 12.1 Å². The van der Waals surface area contributed by atoms with Crippen molar-refractivity contribution in [2.45, 2.75) is 23.5 Å². The second-order valence-corrected chi connectivity index (χ2v) is 5.96. The fourth-order valence-corrected chi connectivity index (χ4v) is 3.44. The Labute approximate surface area is 122 Å². The van der Waals surface area contributed by atoms with Gasteiger partial charge in [-0.15, -0.1) is 16.9 Å². The number of hydrogen-bond acceptors (Lipinski definition) is 5. The van der Waals surface area contributed by atoms with E-state index in [1.54, 1.807) is 4.68 Å². The monoisotopic (exact) mass is 290 g/mol. The number of hydrogen-bond donors (Lipinski definition) is 1. The molecule has 2 atom stereocenters. The van der Waals surface area contributed by atoms with Crippen molar-refractivity contribution >= 4 is 11.8 Å². The minimum atomic E-state index is 0.141. The third-order valence-electron chi connectivity index (χ3n) is 3.43. The number of aromatic nitrogens is 3. The van der Waals surface area contributed by atoms with E-state index in [9.17, 15) is 0 Å². The zero-order chi connectivity index (χ0) is 13.9. The lowest BCUT2D eigenvalue weighted by Crippen LogP contribution is -2.45. The molecule has 2 unspecified atom stereocenters. The number of likely N-dealkylation sites (N-methyl/N-ethyl adjacent to an activating group) is 1. The summed E-state index contributed by atoms with van der Waals surface area (Å²) in [6.45, 7) is 0. The summed E-state index contributed by atoms with van der Waals surface area (Å²) in [5.41, 5.74) is 0.985. The number of aryl methyl sites for hydroxylation is 1. The van der Waals surface area contributed by atoms with Crippen molar-refractivity contribution in [2.24, 2.45) is 7.05 Å². The van der Waals surface area contributed by atoms with Crippen LogP contribution in [0.3, 0.4) is 0 Å². The van der Waals surface area contributed by atoms with Crippen LogP contribution >= 0.6 is 11.8 Å². The summed E-state index contributed by atoms with van der Waals surface area (Å²) in [7, 11) is 3.85. The highest BCUT2D eigenvalue weighted by Gasteiger charge is 2.27. The van der Waals surface area contributed by atoms with Gasteiger partial charge < -0.3 is 10.1 Å². The highest BCUT2D eigenvalue weighted by atomic mass is 32.2. The van der Waals surface area contributed by atoms with Crippen LogP contribution in [0.5, 0.6) is 5.75 Å². The van der Waals surface area contributed by atoms with Gasteiger partial charge in [0.1, 0.15) is 11.9 Å². The van der Waals surface area contributed by atoms with Crippen molar-refractivity contribution in [3.63, 3.8) is 0 Å². The highest BCUT2D eigenvalue weighted by molar-refractivity contribution is 7.99. The van der Waals surface area contributed by atoms with E-state index >= 15 is 0 Å². The Morgan fingerprint density at radius 3 is 3.10 bits per heavy atom. The van der Waals surface area contributed by atoms with Gasteiger partial charge in [-0.3, -0.25) is 4.68 Å². The highest BCUT2D eigenvalue weighted by Crippen LogP contribution is 2.35. The maximum absolute atomic E-state index is 6.13. The van der Waals surface area contributed by atoms with Crippen LogP contribution in [0.15, 0.2) is 35.4 Å². The summed E-state index contributed by atoms with van der Waals surface area (Å²) in [4.78, 5) is 1.22. The van der Waals surface area contributed by atoms with Crippen LogP contribution in [0, 0.1) is 0 Å². The van der Waals surface area contributed by atoms with Gasteiger partial charge in [0.15, 0.2) is 0 Å². The Morgan fingerprint density at radius 2 is 2.35 bits per heavy atom. The zero-order valence-electron chi connectivity index (χ0n) is 11.6. The lowest BCUT2D eigenvalue weighted by Gasteiger charge is -2.31. The number of nitrogens with one attached hydrogen (secondary N) is 1. The summed E-state index contributed by atoms with van der Waals surface area (Å²) < 4.78 is 7.86. The molecule has 1 aromatic heterocycles. The van der Waals surface area contributed by atoms with E-state index in [1.807, 2.05) is 50.3 Å². The molecule has 0 amide bonds. The van der Waals surface area contributed by atoms with Crippen molar-refractivity contribution in [1.29, 1.82) is 0 Å². The first-order valence-electron chi connectivity index (χ1n) is 6.67. The predicted molar refractivity (Wildman–Crippen MR) is 79.1 cm³/mol. The molecular weight excluding hydrogens is 272 g/mol. The Bertz CT molecular complexity index is 586. The molecule has 0 saturated carbocycles. The van der Waals surface area contributed by atoms with Crippen LogP contribution in [-0.4, -0.2) is 39.9 Å². The molecule has 2 heterocycles. The van der Waals surface area contributed by atoms with Gasteiger partial charge >= 0.3 is 0 Å². The van der Waals surface area contributed by atoms with Crippen LogP contribution in [-0.2, 0) is 13.5 Å². The van der Waals surface area contributed by atoms with Gasteiger partial charge in [0.05, 0.1) is 11.7 Å². The summed E-state index contributed by atoms with van der Waals surface area (Å²) in [6, 6.07) is 8.42. The molecule has 0 saturated heterocycles. The van der Waals surface area contributed by atoms with Gasteiger partial charge in [0, 0.05) is 30.3 Å². The number of thioether (sulfide) groups is 1. The molecule has 106 valence electrons. The quantitative estimate of drug-likeness (QED) is 0.925. The Morgan fingerprint density at radius 1 is 1.50 bits per heavy atom. The molecular formula is C14H18N4OS. The average molecular weight is 290 g/mol. The topological polar surface area (TPSA) is 52.0 Å². The number of benzene rings is 1. The van der Waals surface area contributed by atoms with Crippen LogP contribution in [0.25, 0.3) is 0 Å². The van der Waals surface area contributed by atoms with Crippen molar-refractivity contribution in [3.8, 4) is 5.75 Å². The first kappa shape index (κ1) is 13.5. The summed E-state index contributed by atoms with van der Waals surface area (Å²) in [5.74, 6) is 1.93. The van der Waals surface area contributed by atoms with Crippen LogP contribution < -0.4 is 10.1 Å². The number of fused-ring (bicyclic) bond motifs is 1. The van der Waals surface area contributed by atoms with E-state index in [4.69, 9.17) is 4.74 Å². The first-order valence-corrected chi connectivity index (χ1v) is 7.66. The lowest BCUT2D eigenvalue weighted by atomic mass is 10.1. The minimum absolute atomic E-state index is 0.141. The van der Waals surface area contributed by atoms with E-state index in [2.05, 4.69) is 21.7 Å². The Hall–Kier alpha value is -1.53. The Balaban J connectivity index is 1.71. The largest absolute Gasteiger partial charge is 0.487 e. The van der Waals surface area contributed by atoms with Crippen LogP contribution in [0.1, 0.15) is 5.69 Å². The smallest absolute Gasteiger partial charge is 0.133 e. The van der Waals surface area contributed by atoms with Gasteiger partial charge in [-0.25, -0.2) is 0 Å². The van der Waals surface area contributed by atoms with Gasteiger partial charge in [-0.05, 0) is 19.2 Å². The minimum Gasteiger partial charge on any atom is -0.487 e. The van der Waals surface area contributed by atoms with Gasteiger partial charge in [-0.1, -0.05) is 17.3 Å². The molecule has 0 fully saturated rings. The zero-order valence-corrected chi connectivity index (χ0v) is 12.4. The fraction of sp³-hybridized carbons (Fsp3) is 0.429. The van der Waals surface area contributed by atoms with Crippen molar-refractivity contribution in [1.82, 2.24) is 20.3 Å². The SMILES string of the molecule is CNC(Cc1cn(C)nn1)C1CSc2ccccc2O1. The third-order valence-corrected chi connectivity index (χ3v) is 4.57. The lowest BCUT2D eigenvalue weighted by molar-refractivity contribution is 0.169. The molecule has 1 N–H and O–H groups in total. The van der Waals surface area contributed by atoms with E-state index in [0.717, 1.165) is 23.6 Å². The van der Waals surface area contributed by atoms with Gasteiger partial charge in [0.25, 0.3) is 0 Å². The number of para-hydroxylation sites is 1. The van der Waals surface area contributed by atoms with Gasteiger partial charge in [0.2, 0.25) is 0 Å². The first-order chi connectivity index (χ1) is 9.76. The molecule has 0 aliphatic carbocycles. The molecule has 0 radical (unpaired) electrons. The van der Waals surface area contributed by atoms with Crippen LogP contribution in [0.4, 0.5) is 0 Å². The molecule has 0 spiro atoms. The predicted octanol–water partition coefficient (Wildman–Crippen LogP) is 1.50. The standard InChI is InChI=1S/C14H18N4OS/c1-15-11(7-10-8-18(2)17-16-10)13-9-20-14-6-4-3-5-12(14)19-13/h3-6,8,11,13,15H,7,9H2,1-2H3. The van der Waals surface area contributed by atoms with E-state index in [1.165, 1.54) is 4.90 Å². The Kier molecular flexibility index (Phi) is 3.93. The maximum Gasteiger partial charge on any atom is 0.133 e. The molecule has 1 aliphatic heterocycles. The average Bonchev–Trinajstić information content (AvgIpc) is 2.89. The van der Waals surface area contributed by atoms with Crippen molar-refractivity contribution in [2.75, 3.05) is 12.8 Å². The summed E-state index contributed by atoms with van der Waals surface area (Å²) in [5, 5.41) is 11.5. The molecule has 3 rings (SSSR count). The van der Waals surface area contributed by atoms with E-state index in [0.29, 0.717) is 0 Å². The maximum atomic E-state index is 6.13. The number of ether oxygens (including phenoxy) is 1. The number of rotatable bonds is 4. The second kappa shape index (κ2) is 5.85. The molecule has 2 aromatic rings. The molecule has 6 heteroatoms. The number of nitrogens with zero attached hydrogens (tertiary/aromatic N) is 3.